The molecule has 0 saturated heterocycles. The van der Waals surface area contributed by atoms with Gasteiger partial charge >= 0.3 is 0 Å². The third kappa shape index (κ3) is 9.32. The zero-order valence-electron chi connectivity index (χ0n) is 21.7. The van der Waals surface area contributed by atoms with E-state index in [0.717, 1.165) is 51.7 Å². The minimum Gasteiger partial charge on any atom is -0.463 e. The molecule has 4 aromatic rings. The first-order valence-electron chi connectivity index (χ1n) is 11.7. The Hall–Kier alpha value is -2.94. The van der Waals surface area contributed by atoms with Gasteiger partial charge in [-0.2, -0.15) is 0 Å². The average Bonchev–Trinajstić information content (AvgIpc) is 3.45. The summed E-state index contributed by atoms with van der Waals surface area (Å²) >= 11 is 1.56. The van der Waals surface area contributed by atoms with Crippen LogP contribution in [0.25, 0.3) is 26.4 Å². The Bertz CT molecular complexity index is 1110. The number of ether oxygens (including phenoxy) is 2. The number of hydrogen-bond acceptors (Lipinski definition) is 6. The summed E-state index contributed by atoms with van der Waals surface area (Å²) in [7, 11) is 5.50. The normalized spacial score (nSPS) is 9.80. The first kappa shape index (κ1) is 30.1. The van der Waals surface area contributed by atoms with Gasteiger partial charge in [0, 0.05) is 44.8 Å². The fourth-order valence-electron chi connectivity index (χ4n) is 2.93. The minimum atomic E-state index is -0.819. The van der Waals surface area contributed by atoms with Crippen molar-refractivity contribution in [3.8, 4) is 17.0 Å². The Morgan fingerprint density at radius 3 is 2.34 bits per heavy atom. The third-order valence-corrected chi connectivity index (χ3v) is 5.53. The van der Waals surface area contributed by atoms with Crippen molar-refractivity contribution in [3.63, 3.8) is 0 Å². The van der Waals surface area contributed by atoms with Crippen LogP contribution in [-0.2, 0) is 4.74 Å². The molecule has 0 aliphatic rings. The highest BCUT2D eigenvalue weighted by atomic mass is 32.1. The summed E-state index contributed by atoms with van der Waals surface area (Å²) < 4.78 is 25.0. The highest BCUT2D eigenvalue weighted by Gasteiger charge is 2.11. The lowest BCUT2D eigenvalue weighted by atomic mass is 10.1. The third-order valence-electron chi connectivity index (χ3n) is 4.51. The van der Waals surface area contributed by atoms with Gasteiger partial charge in [-0.15, -0.1) is 6.58 Å². The van der Waals surface area contributed by atoms with Crippen molar-refractivity contribution >= 4 is 32.2 Å². The molecule has 0 unspecified atom stereocenters. The number of halogens is 1. The maximum absolute atomic E-state index is 12.3. The second kappa shape index (κ2) is 17.5. The van der Waals surface area contributed by atoms with Crippen LogP contribution in [0.1, 0.15) is 27.2 Å². The molecule has 2 heterocycles. The first-order chi connectivity index (χ1) is 17.1. The number of alkyl halides is 1. The molecule has 2 aromatic carbocycles. The van der Waals surface area contributed by atoms with Crippen LogP contribution in [0.15, 0.2) is 61.3 Å². The summed E-state index contributed by atoms with van der Waals surface area (Å²) in [6, 6.07) is 13.7. The van der Waals surface area contributed by atoms with Gasteiger partial charge in [-0.3, -0.25) is 4.40 Å². The van der Waals surface area contributed by atoms with Crippen LogP contribution < -0.4 is 15.4 Å². The van der Waals surface area contributed by atoms with E-state index in [9.17, 15) is 4.39 Å². The molecule has 2 N–H and O–H groups in total. The second-order valence-electron chi connectivity index (χ2n) is 6.93. The fraction of sp³-hybridized carbons (Fsp3) is 0.370. The molecule has 0 saturated carbocycles. The number of thiazole rings is 1. The van der Waals surface area contributed by atoms with Crippen molar-refractivity contribution in [1.82, 2.24) is 14.7 Å². The summed E-state index contributed by atoms with van der Waals surface area (Å²) in [4.78, 5) is 5.61. The molecular weight excluding hydrogens is 463 g/mol. The molecule has 0 atom stereocenters. The fourth-order valence-corrected chi connectivity index (χ4v) is 3.97. The molecule has 192 valence electrons. The predicted molar refractivity (Wildman–Crippen MR) is 150 cm³/mol. The minimum absolute atomic E-state index is 0.535. The van der Waals surface area contributed by atoms with Gasteiger partial charge in [-0.25, -0.2) is 9.37 Å². The number of nitrogens with zero attached hydrogens (tertiary/aromatic N) is 2. The SMILES string of the molecule is C=CCNC.CC.CCCOC.CNc1ccc(-c2cn3c(n2)sc2cc(OCF)ccc23)cc1. The molecule has 0 fully saturated rings. The van der Waals surface area contributed by atoms with Crippen LogP contribution in [0.2, 0.25) is 0 Å². The zero-order valence-corrected chi connectivity index (χ0v) is 22.5. The number of nitrogens with one attached hydrogen (secondary N) is 2. The maximum Gasteiger partial charge on any atom is 0.228 e. The molecule has 0 amide bonds. The van der Waals surface area contributed by atoms with Crippen LogP contribution in [0, 0.1) is 0 Å². The van der Waals surface area contributed by atoms with Crippen molar-refractivity contribution in [2.24, 2.45) is 0 Å². The van der Waals surface area contributed by atoms with Crippen molar-refractivity contribution in [3.05, 3.63) is 61.3 Å². The average molecular weight is 503 g/mol. The molecule has 4 rings (SSSR count). The molecule has 0 radical (unpaired) electrons. The van der Waals surface area contributed by atoms with Crippen molar-refractivity contribution in [2.75, 3.05) is 46.5 Å². The van der Waals surface area contributed by atoms with E-state index >= 15 is 0 Å². The van der Waals surface area contributed by atoms with Gasteiger partial charge in [0.1, 0.15) is 5.75 Å². The van der Waals surface area contributed by atoms with E-state index in [1.807, 2.05) is 76.6 Å². The van der Waals surface area contributed by atoms with E-state index in [2.05, 4.69) is 28.5 Å². The zero-order chi connectivity index (χ0) is 26.1. The number of fused-ring (bicyclic) bond motifs is 3. The predicted octanol–water partition coefficient (Wildman–Crippen LogP) is 7.02. The molecule has 2 aromatic heterocycles. The number of likely N-dealkylation sites (N-methyl/N-ethyl adjacent to an activating group) is 1. The highest BCUT2D eigenvalue weighted by Crippen LogP contribution is 2.32. The van der Waals surface area contributed by atoms with E-state index < -0.39 is 6.86 Å². The number of methoxy groups -OCH3 is 1. The highest BCUT2D eigenvalue weighted by molar-refractivity contribution is 7.23. The molecule has 6 nitrogen and oxygen atoms in total. The number of imidazole rings is 1. The van der Waals surface area contributed by atoms with E-state index in [1.165, 1.54) is 0 Å². The molecular formula is C27H39FN4O2S. The van der Waals surface area contributed by atoms with E-state index in [1.54, 1.807) is 24.5 Å². The number of rotatable bonds is 8. The van der Waals surface area contributed by atoms with Crippen molar-refractivity contribution in [2.45, 2.75) is 27.2 Å². The van der Waals surface area contributed by atoms with Crippen molar-refractivity contribution < 1.29 is 13.9 Å². The summed E-state index contributed by atoms with van der Waals surface area (Å²) in [5.41, 5.74) is 4.12. The van der Waals surface area contributed by atoms with Gasteiger partial charge in [-0.05, 0) is 43.8 Å². The van der Waals surface area contributed by atoms with Gasteiger partial charge in [0.05, 0.1) is 15.9 Å². The summed E-state index contributed by atoms with van der Waals surface area (Å²) in [6.45, 7) is 10.5. The molecule has 8 heteroatoms. The molecule has 0 aliphatic heterocycles. The Kier molecular flexibility index (Phi) is 15.0. The summed E-state index contributed by atoms with van der Waals surface area (Å²) in [5, 5.41) is 6.00. The Morgan fingerprint density at radius 1 is 1.14 bits per heavy atom. The Balaban J connectivity index is 0.000000431. The summed E-state index contributed by atoms with van der Waals surface area (Å²) in [6.07, 6.45) is 4.97. The lowest BCUT2D eigenvalue weighted by molar-refractivity contribution is 0.192. The maximum atomic E-state index is 12.3. The lowest BCUT2D eigenvalue weighted by Crippen LogP contribution is -2.02. The van der Waals surface area contributed by atoms with Crippen LogP contribution in [-0.4, -0.2) is 50.6 Å². The van der Waals surface area contributed by atoms with E-state index in [-0.39, 0.29) is 0 Å². The molecule has 0 bridgehead atoms. The van der Waals surface area contributed by atoms with Gasteiger partial charge in [-0.1, -0.05) is 50.3 Å². The van der Waals surface area contributed by atoms with Crippen molar-refractivity contribution in [1.29, 1.82) is 0 Å². The number of anilines is 1. The molecule has 35 heavy (non-hydrogen) atoms. The summed E-state index contributed by atoms with van der Waals surface area (Å²) in [5.74, 6) is 0.535. The van der Waals surface area contributed by atoms with Gasteiger partial charge in [0.15, 0.2) is 4.96 Å². The van der Waals surface area contributed by atoms with E-state index in [0.29, 0.717) is 5.75 Å². The molecule has 0 aliphatic carbocycles. The van der Waals surface area contributed by atoms with E-state index in [4.69, 9.17) is 14.5 Å². The van der Waals surface area contributed by atoms with Gasteiger partial charge in [0.25, 0.3) is 0 Å². The smallest absolute Gasteiger partial charge is 0.228 e. The monoisotopic (exact) mass is 502 g/mol. The van der Waals surface area contributed by atoms with Crippen LogP contribution in [0.3, 0.4) is 0 Å². The number of hydrogen-bond donors (Lipinski definition) is 2. The largest absolute Gasteiger partial charge is 0.463 e. The first-order valence-corrected chi connectivity index (χ1v) is 12.6. The Labute approximate surface area is 212 Å². The second-order valence-corrected chi connectivity index (χ2v) is 7.94. The quantitative estimate of drug-likeness (QED) is 0.253. The number of benzene rings is 2. The Morgan fingerprint density at radius 2 is 1.86 bits per heavy atom. The van der Waals surface area contributed by atoms with Crippen LogP contribution in [0.4, 0.5) is 10.1 Å². The van der Waals surface area contributed by atoms with Gasteiger partial charge < -0.3 is 20.1 Å². The lowest BCUT2D eigenvalue weighted by Gasteiger charge is -2.01. The number of aromatic nitrogens is 2. The van der Waals surface area contributed by atoms with Crippen LogP contribution in [0.5, 0.6) is 5.75 Å². The van der Waals surface area contributed by atoms with Crippen LogP contribution >= 0.6 is 11.3 Å². The van der Waals surface area contributed by atoms with Gasteiger partial charge in [0.2, 0.25) is 6.86 Å². The molecule has 0 spiro atoms. The standard InChI is InChI=1S/C17H14FN3OS.C4H9N.C4H10O.C2H6/c1-19-12-4-2-11(3-5-12)14-9-21-15-7-6-13(22-10-18)8-16(15)23-17(21)20-14;2*1-3-4-5-2;1-2/h2-9,19H,10H2,1H3;3,5H,1,4H2,2H3;3-4H2,1-2H3;1-2H3. The topological polar surface area (TPSA) is 59.8 Å².